The molecule has 0 aliphatic heterocycles. The molecular formula is C14H21NO. The Hall–Kier alpha value is -1.02. The summed E-state index contributed by atoms with van der Waals surface area (Å²) in [7, 11) is 0. The highest BCUT2D eigenvalue weighted by Gasteiger charge is 2.18. The van der Waals surface area contributed by atoms with Crippen LogP contribution in [-0.2, 0) is 0 Å². The average molecular weight is 219 g/mol. The molecule has 1 fully saturated rings. The van der Waals surface area contributed by atoms with Gasteiger partial charge in [0.15, 0.2) is 0 Å². The first-order chi connectivity index (χ1) is 7.66. The highest BCUT2D eigenvalue weighted by atomic mass is 16.5. The normalized spacial score (nSPS) is 18.7. The fraction of sp³-hybridized carbons (Fsp3) is 0.571. The van der Waals surface area contributed by atoms with Crippen molar-refractivity contribution in [1.29, 1.82) is 0 Å². The lowest BCUT2D eigenvalue weighted by Gasteiger charge is -2.18. The van der Waals surface area contributed by atoms with Crippen LogP contribution in [0.4, 0.5) is 0 Å². The van der Waals surface area contributed by atoms with Gasteiger partial charge in [-0.05, 0) is 45.6 Å². The molecule has 0 bridgehead atoms. The van der Waals surface area contributed by atoms with Crippen LogP contribution in [0.3, 0.4) is 0 Å². The summed E-state index contributed by atoms with van der Waals surface area (Å²) in [4.78, 5) is 0. The largest absolute Gasteiger partial charge is 0.490 e. The van der Waals surface area contributed by atoms with Crippen molar-refractivity contribution >= 4 is 0 Å². The minimum Gasteiger partial charge on any atom is -0.490 e. The fourth-order valence-corrected chi connectivity index (χ4v) is 2.32. The van der Waals surface area contributed by atoms with Crippen LogP contribution in [0.5, 0.6) is 5.75 Å². The number of benzene rings is 1. The summed E-state index contributed by atoms with van der Waals surface area (Å²) >= 11 is 0. The van der Waals surface area contributed by atoms with Crippen LogP contribution >= 0.6 is 0 Å². The van der Waals surface area contributed by atoms with Gasteiger partial charge in [-0.25, -0.2) is 0 Å². The van der Waals surface area contributed by atoms with Crippen molar-refractivity contribution in [2.45, 2.75) is 51.7 Å². The third-order valence-electron chi connectivity index (χ3n) is 3.25. The van der Waals surface area contributed by atoms with Crippen molar-refractivity contribution in [2.24, 2.45) is 5.73 Å². The lowest BCUT2D eigenvalue weighted by molar-refractivity contribution is 0.207. The lowest BCUT2D eigenvalue weighted by atomic mass is 10.0. The van der Waals surface area contributed by atoms with E-state index >= 15 is 0 Å². The molecule has 88 valence electrons. The molecule has 0 aromatic heterocycles. The van der Waals surface area contributed by atoms with Gasteiger partial charge in [0.25, 0.3) is 0 Å². The number of nitrogens with two attached hydrogens (primary N) is 1. The highest BCUT2D eigenvalue weighted by molar-refractivity contribution is 5.38. The van der Waals surface area contributed by atoms with Crippen molar-refractivity contribution in [3.05, 3.63) is 29.3 Å². The van der Waals surface area contributed by atoms with Gasteiger partial charge >= 0.3 is 0 Å². The molecule has 2 N–H and O–H groups in total. The lowest BCUT2D eigenvalue weighted by Crippen LogP contribution is -2.15. The average Bonchev–Trinajstić information content (AvgIpc) is 2.73. The molecule has 1 aromatic carbocycles. The maximum absolute atomic E-state index is 6.04. The van der Waals surface area contributed by atoms with Gasteiger partial charge in [-0.1, -0.05) is 17.7 Å². The van der Waals surface area contributed by atoms with Gasteiger partial charge < -0.3 is 10.5 Å². The Morgan fingerprint density at radius 1 is 1.31 bits per heavy atom. The van der Waals surface area contributed by atoms with E-state index in [0.29, 0.717) is 6.10 Å². The van der Waals surface area contributed by atoms with Gasteiger partial charge in [0.1, 0.15) is 5.75 Å². The van der Waals surface area contributed by atoms with Gasteiger partial charge in [-0.15, -0.1) is 0 Å². The second-order valence-corrected chi connectivity index (χ2v) is 4.85. The van der Waals surface area contributed by atoms with Crippen molar-refractivity contribution in [2.75, 3.05) is 0 Å². The first kappa shape index (κ1) is 11.5. The zero-order valence-electron chi connectivity index (χ0n) is 10.2. The van der Waals surface area contributed by atoms with Crippen LogP contribution < -0.4 is 10.5 Å². The molecule has 1 aliphatic carbocycles. The molecule has 16 heavy (non-hydrogen) atoms. The number of ether oxygens (including phenoxy) is 1. The number of rotatable bonds is 3. The summed E-state index contributed by atoms with van der Waals surface area (Å²) in [6.07, 6.45) is 5.37. The Balaban J connectivity index is 2.18. The first-order valence-corrected chi connectivity index (χ1v) is 6.19. The van der Waals surface area contributed by atoms with Crippen LogP contribution in [0, 0.1) is 6.92 Å². The van der Waals surface area contributed by atoms with Crippen LogP contribution in [0.1, 0.15) is 49.8 Å². The Bertz CT molecular complexity index is 354. The molecule has 2 nitrogen and oxygen atoms in total. The molecule has 0 radical (unpaired) electrons. The van der Waals surface area contributed by atoms with Crippen LogP contribution in [-0.4, -0.2) is 6.10 Å². The quantitative estimate of drug-likeness (QED) is 0.846. The molecule has 1 unspecified atom stereocenters. The van der Waals surface area contributed by atoms with Crippen molar-refractivity contribution in [3.8, 4) is 5.75 Å². The number of aryl methyl sites for hydroxylation is 1. The van der Waals surface area contributed by atoms with Gasteiger partial charge in [0.2, 0.25) is 0 Å². The van der Waals surface area contributed by atoms with Crippen LogP contribution in [0.2, 0.25) is 0 Å². The van der Waals surface area contributed by atoms with Crippen LogP contribution in [0.25, 0.3) is 0 Å². The summed E-state index contributed by atoms with van der Waals surface area (Å²) in [5.74, 6) is 0.979. The topological polar surface area (TPSA) is 35.2 Å². The summed E-state index contributed by atoms with van der Waals surface area (Å²) in [5, 5.41) is 0. The van der Waals surface area contributed by atoms with E-state index in [0.717, 1.165) is 11.3 Å². The molecule has 2 rings (SSSR count). The van der Waals surface area contributed by atoms with E-state index in [1.807, 2.05) is 6.92 Å². The Morgan fingerprint density at radius 3 is 2.62 bits per heavy atom. The molecule has 1 atom stereocenters. The minimum atomic E-state index is 0.0382. The number of hydrogen-bond acceptors (Lipinski definition) is 2. The highest BCUT2D eigenvalue weighted by Crippen LogP contribution is 2.29. The van der Waals surface area contributed by atoms with E-state index in [2.05, 4.69) is 25.1 Å². The fourth-order valence-electron chi connectivity index (χ4n) is 2.32. The van der Waals surface area contributed by atoms with E-state index < -0.39 is 0 Å². The van der Waals surface area contributed by atoms with Crippen LogP contribution in [0.15, 0.2) is 18.2 Å². The summed E-state index contributed by atoms with van der Waals surface area (Å²) in [6.45, 7) is 4.10. The number of hydrogen-bond donors (Lipinski definition) is 1. The van der Waals surface area contributed by atoms with Gasteiger partial charge in [0, 0.05) is 11.6 Å². The first-order valence-electron chi connectivity index (χ1n) is 6.19. The predicted octanol–water partition coefficient (Wildman–Crippen LogP) is 3.34. The Morgan fingerprint density at radius 2 is 2.00 bits per heavy atom. The zero-order chi connectivity index (χ0) is 11.5. The van der Waals surface area contributed by atoms with Crippen molar-refractivity contribution in [1.82, 2.24) is 0 Å². The van der Waals surface area contributed by atoms with Crippen molar-refractivity contribution < 1.29 is 4.74 Å². The van der Waals surface area contributed by atoms with E-state index in [9.17, 15) is 0 Å². The van der Waals surface area contributed by atoms with E-state index in [1.54, 1.807) is 0 Å². The molecule has 1 aliphatic rings. The maximum Gasteiger partial charge on any atom is 0.124 e. The standard InChI is InChI=1S/C14H21NO/c1-10-7-8-14(13(9-10)11(2)15)16-12-5-3-4-6-12/h7-9,11-12H,3-6,15H2,1-2H3. The molecule has 1 aromatic rings. The third-order valence-corrected chi connectivity index (χ3v) is 3.25. The Kier molecular flexibility index (Phi) is 3.49. The van der Waals surface area contributed by atoms with E-state index in [4.69, 9.17) is 10.5 Å². The molecule has 0 heterocycles. The Labute approximate surface area is 97.8 Å². The predicted molar refractivity (Wildman–Crippen MR) is 66.7 cm³/mol. The summed E-state index contributed by atoms with van der Waals surface area (Å²) < 4.78 is 6.04. The summed E-state index contributed by atoms with van der Waals surface area (Å²) in [5.41, 5.74) is 8.35. The van der Waals surface area contributed by atoms with E-state index in [-0.39, 0.29) is 6.04 Å². The maximum atomic E-state index is 6.04. The zero-order valence-corrected chi connectivity index (χ0v) is 10.2. The third kappa shape index (κ3) is 2.56. The van der Waals surface area contributed by atoms with Gasteiger partial charge in [0.05, 0.1) is 6.10 Å². The van der Waals surface area contributed by atoms with Gasteiger partial charge in [-0.2, -0.15) is 0 Å². The second kappa shape index (κ2) is 4.88. The molecule has 0 spiro atoms. The molecular weight excluding hydrogens is 198 g/mol. The molecule has 0 amide bonds. The minimum absolute atomic E-state index is 0.0382. The molecule has 0 saturated heterocycles. The molecule has 1 saturated carbocycles. The monoisotopic (exact) mass is 219 g/mol. The van der Waals surface area contributed by atoms with Gasteiger partial charge in [-0.3, -0.25) is 0 Å². The smallest absolute Gasteiger partial charge is 0.124 e. The second-order valence-electron chi connectivity index (χ2n) is 4.85. The SMILES string of the molecule is Cc1ccc(OC2CCCC2)c(C(C)N)c1. The van der Waals surface area contributed by atoms with E-state index in [1.165, 1.54) is 31.2 Å². The summed E-state index contributed by atoms with van der Waals surface area (Å²) in [6, 6.07) is 6.33. The van der Waals surface area contributed by atoms with Crippen molar-refractivity contribution in [3.63, 3.8) is 0 Å². The molecule has 2 heteroatoms.